The van der Waals surface area contributed by atoms with Gasteiger partial charge in [0.05, 0.1) is 17.2 Å². The molecular formula is C16H17N3OS. The van der Waals surface area contributed by atoms with Crippen LogP contribution in [-0.4, -0.2) is 15.9 Å². The molecule has 1 unspecified atom stereocenters. The van der Waals surface area contributed by atoms with Crippen molar-refractivity contribution in [3.8, 4) is 0 Å². The monoisotopic (exact) mass is 299 g/mol. The van der Waals surface area contributed by atoms with Gasteiger partial charge in [-0.2, -0.15) is 0 Å². The number of rotatable bonds is 5. The molecule has 0 fully saturated rings. The van der Waals surface area contributed by atoms with Crippen LogP contribution in [0.4, 0.5) is 0 Å². The van der Waals surface area contributed by atoms with Crippen LogP contribution in [0.25, 0.3) is 0 Å². The van der Waals surface area contributed by atoms with E-state index in [0.717, 1.165) is 16.8 Å². The summed E-state index contributed by atoms with van der Waals surface area (Å²) in [5, 5.41) is 2.85. The van der Waals surface area contributed by atoms with Gasteiger partial charge < -0.3 is 11.1 Å². The van der Waals surface area contributed by atoms with Crippen LogP contribution < -0.4 is 11.1 Å². The molecule has 108 valence electrons. The van der Waals surface area contributed by atoms with E-state index in [4.69, 9.17) is 18.0 Å². The van der Waals surface area contributed by atoms with Gasteiger partial charge in [0.15, 0.2) is 0 Å². The molecule has 0 radical (unpaired) electrons. The lowest BCUT2D eigenvalue weighted by Gasteiger charge is -2.16. The van der Waals surface area contributed by atoms with Crippen molar-refractivity contribution >= 4 is 23.1 Å². The second-order valence-corrected chi connectivity index (χ2v) is 5.20. The van der Waals surface area contributed by atoms with Crippen LogP contribution in [0.2, 0.25) is 0 Å². The molecule has 0 spiro atoms. The van der Waals surface area contributed by atoms with Crippen molar-refractivity contribution in [3.63, 3.8) is 0 Å². The lowest BCUT2D eigenvalue weighted by molar-refractivity contribution is -0.121. The Labute approximate surface area is 129 Å². The number of nitrogens with two attached hydrogens (primary N) is 1. The van der Waals surface area contributed by atoms with Crippen molar-refractivity contribution < 1.29 is 4.79 Å². The first-order valence-corrected chi connectivity index (χ1v) is 7.03. The molecule has 1 amide bonds. The van der Waals surface area contributed by atoms with Crippen molar-refractivity contribution in [2.45, 2.75) is 19.4 Å². The lowest BCUT2D eigenvalue weighted by atomic mass is 9.98. The molecule has 0 saturated heterocycles. The van der Waals surface area contributed by atoms with Crippen molar-refractivity contribution in [1.29, 1.82) is 0 Å². The molecule has 2 rings (SSSR count). The number of aryl methyl sites for hydroxylation is 1. The quantitative estimate of drug-likeness (QED) is 0.829. The largest absolute Gasteiger partial charge is 0.392 e. The minimum atomic E-state index is -0.620. The van der Waals surface area contributed by atoms with Gasteiger partial charge in [0.25, 0.3) is 0 Å². The number of aromatic nitrogens is 1. The Kier molecular flexibility index (Phi) is 5.00. The first-order valence-electron chi connectivity index (χ1n) is 6.62. The summed E-state index contributed by atoms with van der Waals surface area (Å²) in [6.07, 6.45) is 1.71. The average molecular weight is 299 g/mol. The molecule has 1 atom stereocenters. The fraction of sp³-hybridized carbons (Fsp3) is 0.188. The van der Waals surface area contributed by atoms with Crippen LogP contribution in [-0.2, 0) is 11.3 Å². The third kappa shape index (κ3) is 3.86. The lowest BCUT2D eigenvalue weighted by Crippen LogP contribution is -2.36. The van der Waals surface area contributed by atoms with E-state index in [9.17, 15) is 4.79 Å². The van der Waals surface area contributed by atoms with Gasteiger partial charge >= 0.3 is 0 Å². The fourth-order valence-corrected chi connectivity index (χ4v) is 2.31. The maximum absolute atomic E-state index is 12.4. The van der Waals surface area contributed by atoms with E-state index in [1.165, 1.54) is 0 Å². The molecule has 1 aromatic heterocycles. The molecule has 21 heavy (non-hydrogen) atoms. The Bertz CT molecular complexity index is 643. The van der Waals surface area contributed by atoms with Crippen molar-refractivity contribution in [2.24, 2.45) is 5.73 Å². The highest BCUT2D eigenvalue weighted by molar-refractivity contribution is 7.80. The van der Waals surface area contributed by atoms with E-state index in [1.807, 2.05) is 49.4 Å². The number of amides is 1. The van der Waals surface area contributed by atoms with E-state index in [0.29, 0.717) is 6.54 Å². The fourth-order valence-electron chi connectivity index (χ4n) is 2.07. The molecule has 4 nitrogen and oxygen atoms in total. The summed E-state index contributed by atoms with van der Waals surface area (Å²) >= 11 is 5.03. The number of hydrogen-bond acceptors (Lipinski definition) is 3. The van der Waals surface area contributed by atoms with E-state index in [-0.39, 0.29) is 10.9 Å². The zero-order valence-corrected chi connectivity index (χ0v) is 12.6. The topological polar surface area (TPSA) is 68.0 Å². The molecule has 5 heteroatoms. The Morgan fingerprint density at radius 3 is 2.62 bits per heavy atom. The van der Waals surface area contributed by atoms with E-state index in [1.54, 1.807) is 6.20 Å². The van der Waals surface area contributed by atoms with Crippen molar-refractivity contribution in [3.05, 3.63) is 65.5 Å². The Balaban J connectivity index is 2.10. The Morgan fingerprint density at radius 2 is 2.00 bits per heavy atom. The second-order valence-electron chi connectivity index (χ2n) is 4.73. The third-order valence-electron chi connectivity index (χ3n) is 3.23. The molecule has 1 heterocycles. The summed E-state index contributed by atoms with van der Waals surface area (Å²) in [5.41, 5.74) is 8.38. The number of nitrogens with zero attached hydrogens (tertiary/aromatic N) is 1. The molecule has 0 aliphatic rings. The van der Waals surface area contributed by atoms with Crippen molar-refractivity contribution in [2.75, 3.05) is 0 Å². The zero-order valence-electron chi connectivity index (χ0n) is 11.7. The molecule has 3 N–H and O–H groups in total. The van der Waals surface area contributed by atoms with Crippen LogP contribution in [0.1, 0.15) is 22.7 Å². The van der Waals surface area contributed by atoms with Crippen LogP contribution in [0.15, 0.2) is 48.7 Å². The molecule has 1 aromatic carbocycles. The SMILES string of the molecule is Cc1cccnc1CNC(=O)C(C(N)=S)c1ccccc1. The molecular weight excluding hydrogens is 282 g/mol. The third-order valence-corrected chi connectivity index (χ3v) is 3.46. The van der Waals surface area contributed by atoms with Crippen LogP contribution >= 0.6 is 12.2 Å². The van der Waals surface area contributed by atoms with E-state index >= 15 is 0 Å². The van der Waals surface area contributed by atoms with Gasteiger partial charge in [-0.25, -0.2) is 0 Å². The standard InChI is InChI=1S/C16H17N3OS/c1-11-6-5-9-18-13(11)10-19-16(20)14(15(17)21)12-7-3-2-4-8-12/h2-9,14H,10H2,1H3,(H2,17,21)(H,19,20). The number of thiocarbonyl (C=S) groups is 1. The van der Waals surface area contributed by atoms with Crippen LogP contribution in [0, 0.1) is 6.92 Å². The number of hydrogen-bond donors (Lipinski definition) is 2. The van der Waals surface area contributed by atoms with Gasteiger partial charge in [-0.05, 0) is 24.1 Å². The van der Waals surface area contributed by atoms with E-state index in [2.05, 4.69) is 10.3 Å². The average Bonchev–Trinajstić information content (AvgIpc) is 2.47. The molecule has 0 bridgehead atoms. The summed E-state index contributed by atoms with van der Waals surface area (Å²) < 4.78 is 0. The number of nitrogens with one attached hydrogen (secondary N) is 1. The predicted molar refractivity (Wildman–Crippen MR) is 86.8 cm³/mol. The van der Waals surface area contributed by atoms with Gasteiger partial charge in [0.2, 0.25) is 5.91 Å². The summed E-state index contributed by atoms with van der Waals surface area (Å²) in [4.78, 5) is 16.8. The number of benzene rings is 1. The normalized spacial score (nSPS) is 11.7. The summed E-state index contributed by atoms with van der Waals surface area (Å²) in [5.74, 6) is -0.830. The van der Waals surface area contributed by atoms with Gasteiger partial charge in [-0.1, -0.05) is 48.6 Å². The second kappa shape index (κ2) is 6.95. The summed E-state index contributed by atoms with van der Waals surface area (Å²) in [6, 6.07) is 13.1. The van der Waals surface area contributed by atoms with Crippen LogP contribution in [0.5, 0.6) is 0 Å². The number of carbonyl (C=O) groups excluding carboxylic acids is 1. The maximum Gasteiger partial charge on any atom is 0.234 e. The minimum Gasteiger partial charge on any atom is -0.392 e. The maximum atomic E-state index is 12.4. The summed E-state index contributed by atoms with van der Waals surface area (Å²) in [6.45, 7) is 2.31. The first kappa shape index (κ1) is 15.1. The molecule has 0 saturated carbocycles. The number of pyridine rings is 1. The van der Waals surface area contributed by atoms with Gasteiger partial charge in [0.1, 0.15) is 5.92 Å². The minimum absolute atomic E-state index is 0.163. The highest BCUT2D eigenvalue weighted by atomic mass is 32.1. The molecule has 2 aromatic rings. The number of carbonyl (C=O) groups is 1. The highest BCUT2D eigenvalue weighted by Crippen LogP contribution is 2.16. The predicted octanol–water partition coefficient (Wildman–Crippen LogP) is 2.08. The Hall–Kier alpha value is -2.27. The molecule has 0 aliphatic carbocycles. The zero-order chi connectivity index (χ0) is 15.2. The van der Waals surface area contributed by atoms with Crippen LogP contribution in [0.3, 0.4) is 0 Å². The van der Waals surface area contributed by atoms with Gasteiger partial charge in [-0.15, -0.1) is 0 Å². The van der Waals surface area contributed by atoms with Gasteiger partial charge in [-0.3, -0.25) is 9.78 Å². The highest BCUT2D eigenvalue weighted by Gasteiger charge is 2.23. The molecule has 0 aliphatic heterocycles. The first-order chi connectivity index (χ1) is 10.1. The van der Waals surface area contributed by atoms with Gasteiger partial charge in [0, 0.05) is 6.20 Å². The smallest absolute Gasteiger partial charge is 0.234 e. The van der Waals surface area contributed by atoms with Crippen molar-refractivity contribution in [1.82, 2.24) is 10.3 Å². The Morgan fingerprint density at radius 1 is 1.29 bits per heavy atom. The summed E-state index contributed by atoms with van der Waals surface area (Å²) in [7, 11) is 0. The van der Waals surface area contributed by atoms with E-state index < -0.39 is 5.92 Å².